The van der Waals surface area contributed by atoms with Crippen LogP contribution < -0.4 is 11.1 Å². The van der Waals surface area contributed by atoms with Crippen LogP contribution in [0.4, 0.5) is 11.6 Å². The molecule has 0 bridgehead atoms. The molecule has 19 heavy (non-hydrogen) atoms. The van der Waals surface area contributed by atoms with Crippen molar-refractivity contribution in [2.75, 3.05) is 17.7 Å². The summed E-state index contributed by atoms with van der Waals surface area (Å²) >= 11 is 0. The van der Waals surface area contributed by atoms with Gasteiger partial charge in [-0.05, 0) is 13.3 Å². The molecule has 1 aliphatic carbocycles. The van der Waals surface area contributed by atoms with Crippen LogP contribution >= 0.6 is 0 Å². The fourth-order valence-electron chi connectivity index (χ4n) is 2.18. The molecule has 1 aromatic heterocycles. The molecule has 1 saturated carbocycles. The number of nitrogens with zero attached hydrogens (tertiary/aromatic N) is 2. The molecule has 6 nitrogen and oxygen atoms in total. The maximum atomic E-state index is 9.73. The van der Waals surface area contributed by atoms with E-state index < -0.39 is 0 Å². The zero-order valence-electron chi connectivity index (χ0n) is 11.7. The van der Waals surface area contributed by atoms with E-state index in [1.54, 1.807) is 6.07 Å². The average Bonchev–Trinajstić information content (AvgIpc) is 2.35. The van der Waals surface area contributed by atoms with Crippen LogP contribution in [0.3, 0.4) is 0 Å². The molecule has 6 heteroatoms. The highest BCUT2D eigenvalue weighted by Crippen LogP contribution is 2.42. The molecule has 1 aromatic rings. The second kappa shape index (κ2) is 5.30. The van der Waals surface area contributed by atoms with Gasteiger partial charge in [0.15, 0.2) is 5.82 Å². The molecule has 2 rings (SSSR count). The Balaban J connectivity index is 2.06. The molecule has 0 amide bonds. The second-order valence-corrected chi connectivity index (χ2v) is 5.50. The van der Waals surface area contributed by atoms with Gasteiger partial charge in [0.2, 0.25) is 0 Å². The van der Waals surface area contributed by atoms with Crippen molar-refractivity contribution in [2.45, 2.75) is 45.9 Å². The number of anilines is 2. The molecule has 0 spiro atoms. The van der Waals surface area contributed by atoms with E-state index in [0.29, 0.717) is 30.7 Å². The van der Waals surface area contributed by atoms with Crippen LogP contribution in [0.15, 0.2) is 6.07 Å². The third kappa shape index (κ3) is 2.96. The summed E-state index contributed by atoms with van der Waals surface area (Å²) < 4.78 is 5.28. The molecule has 2 atom stereocenters. The minimum atomic E-state index is -0.271. The number of aromatic nitrogens is 2. The first kappa shape index (κ1) is 14.0. The summed E-state index contributed by atoms with van der Waals surface area (Å²) in [5.74, 6) is 1.68. The number of nitrogens with one attached hydrogen (secondary N) is 1. The average molecular weight is 266 g/mol. The molecule has 0 aliphatic heterocycles. The predicted octanol–water partition coefficient (Wildman–Crippen LogP) is 1.17. The Morgan fingerprint density at radius 2 is 2.26 bits per heavy atom. The number of hydrogen-bond acceptors (Lipinski definition) is 6. The Morgan fingerprint density at radius 1 is 1.53 bits per heavy atom. The van der Waals surface area contributed by atoms with Crippen molar-refractivity contribution in [3.05, 3.63) is 11.9 Å². The van der Waals surface area contributed by atoms with Crippen molar-refractivity contribution in [1.82, 2.24) is 9.97 Å². The first-order valence-electron chi connectivity index (χ1n) is 6.59. The molecule has 106 valence electrons. The summed E-state index contributed by atoms with van der Waals surface area (Å²) in [5, 5.41) is 13.0. The summed E-state index contributed by atoms with van der Waals surface area (Å²) in [7, 11) is 0. The van der Waals surface area contributed by atoms with Crippen LogP contribution in [0, 0.1) is 5.41 Å². The van der Waals surface area contributed by atoms with Crippen LogP contribution in [0.2, 0.25) is 0 Å². The quantitative estimate of drug-likeness (QED) is 0.740. The van der Waals surface area contributed by atoms with Gasteiger partial charge in [-0.1, -0.05) is 13.8 Å². The monoisotopic (exact) mass is 266 g/mol. The van der Waals surface area contributed by atoms with E-state index in [-0.39, 0.29) is 17.6 Å². The SMILES string of the molecule is CCOCc1nc(N)cc(NC2CC(O)C2(C)C)n1. The van der Waals surface area contributed by atoms with Gasteiger partial charge in [0, 0.05) is 24.1 Å². The Kier molecular flexibility index (Phi) is 3.91. The lowest BCUT2D eigenvalue weighted by Gasteiger charge is -2.49. The highest BCUT2D eigenvalue weighted by Gasteiger charge is 2.47. The third-order valence-corrected chi connectivity index (χ3v) is 3.77. The van der Waals surface area contributed by atoms with Crippen molar-refractivity contribution in [3.8, 4) is 0 Å². The van der Waals surface area contributed by atoms with Crippen LogP contribution in [-0.4, -0.2) is 33.8 Å². The number of ether oxygens (including phenoxy) is 1. The number of aliphatic hydroxyl groups is 1. The number of aliphatic hydroxyl groups excluding tert-OH is 1. The first-order chi connectivity index (χ1) is 8.93. The smallest absolute Gasteiger partial charge is 0.158 e. The Hall–Kier alpha value is -1.40. The van der Waals surface area contributed by atoms with Crippen LogP contribution in [0.1, 0.15) is 33.0 Å². The lowest BCUT2D eigenvalue weighted by atomic mass is 9.64. The lowest BCUT2D eigenvalue weighted by Crippen LogP contribution is -2.57. The fraction of sp³-hybridized carbons (Fsp3) is 0.692. The van der Waals surface area contributed by atoms with E-state index in [2.05, 4.69) is 15.3 Å². The van der Waals surface area contributed by atoms with Gasteiger partial charge in [-0.2, -0.15) is 0 Å². The normalized spacial score (nSPS) is 24.8. The second-order valence-electron chi connectivity index (χ2n) is 5.50. The largest absolute Gasteiger partial charge is 0.392 e. The molecule has 1 fully saturated rings. The molecule has 0 saturated heterocycles. The summed E-state index contributed by atoms with van der Waals surface area (Å²) in [6.07, 6.45) is 0.449. The number of nitrogens with two attached hydrogens (primary N) is 1. The summed E-state index contributed by atoms with van der Waals surface area (Å²) in [6.45, 7) is 6.95. The van der Waals surface area contributed by atoms with Crippen molar-refractivity contribution < 1.29 is 9.84 Å². The Labute approximate surface area is 113 Å². The number of nitrogen functional groups attached to an aromatic ring is 1. The lowest BCUT2D eigenvalue weighted by molar-refractivity contribution is -0.0511. The minimum absolute atomic E-state index is 0.153. The summed E-state index contributed by atoms with van der Waals surface area (Å²) in [4.78, 5) is 8.50. The first-order valence-corrected chi connectivity index (χ1v) is 6.59. The summed E-state index contributed by atoms with van der Waals surface area (Å²) in [5.41, 5.74) is 5.61. The summed E-state index contributed by atoms with van der Waals surface area (Å²) in [6, 6.07) is 1.90. The van der Waals surface area contributed by atoms with Gasteiger partial charge in [-0.15, -0.1) is 0 Å². The highest BCUT2D eigenvalue weighted by molar-refractivity contribution is 5.46. The highest BCUT2D eigenvalue weighted by atomic mass is 16.5. The van der Waals surface area contributed by atoms with Gasteiger partial charge >= 0.3 is 0 Å². The molecular formula is C13H22N4O2. The molecule has 0 radical (unpaired) electrons. The molecule has 0 aromatic carbocycles. The van der Waals surface area contributed by atoms with Crippen LogP contribution in [0.5, 0.6) is 0 Å². The Bertz CT molecular complexity index is 450. The van der Waals surface area contributed by atoms with E-state index in [1.165, 1.54) is 0 Å². The van der Waals surface area contributed by atoms with Gasteiger partial charge < -0.3 is 20.9 Å². The van der Waals surface area contributed by atoms with E-state index >= 15 is 0 Å². The maximum absolute atomic E-state index is 9.73. The van der Waals surface area contributed by atoms with E-state index in [9.17, 15) is 5.11 Å². The number of hydrogen-bond donors (Lipinski definition) is 3. The van der Waals surface area contributed by atoms with Gasteiger partial charge in [0.05, 0.1) is 6.10 Å². The molecule has 2 unspecified atom stereocenters. The fourth-order valence-corrected chi connectivity index (χ4v) is 2.18. The standard InChI is InChI=1S/C13H22N4O2/c1-4-19-7-12-16-10(14)6-11(17-12)15-8-5-9(18)13(8,2)3/h6,8-9,18H,4-5,7H2,1-3H3,(H3,14,15,16,17). The molecular weight excluding hydrogens is 244 g/mol. The van der Waals surface area contributed by atoms with Crippen molar-refractivity contribution >= 4 is 11.6 Å². The Morgan fingerprint density at radius 3 is 2.84 bits per heavy atom. The van der Waals surface area contributed by atoms with E-state index in [0.717, 1.165) is 6.42 Å². The van der Waals surface area contributed by atoms with Crippen molar-refractivity contribution in [2.24, 2.45) is 5.41 Å². The predicted molar refractivity (Wildman–Crippen MR) is 73.6 cm³/mol. The van der Waals surface area contributed by atoms with Gasteiger partial charge in [0.25, 0.3) is 0 Å². The van der Waals surface area contributed by atoms with E-state index in [1.807, 2.05) is 20.8 Å². The topological polar surface area (TPSA) is 93.3 Å². The van der Waals surface area contributed by atoms with Crippen LogP contribution in [-0.2, 0) is 11.3 Å². The van der Waals surface area contributed by atoms with Crippen molar-refractivity contribution in [1.29, 1.82) is 0 Å². The third-order valence-electron chi connectivity index (χ3n) is 3.77. The molecule has 1 heterocycles. The zero-order chi connectivity index (χ0) is 14.0. The minimum Gasteiger partial charge on any atom is -0.392 e. The number of rotatable bonds is 5. The molecule has 4 N–H and O–H groups in total. The van der Waals surface area contributed by atoms with E-state index in [4.69, 9.17) is 10.5 Å². The molecule has 1 aliphatic rings. The maximum Gasteiger partial charge on any atom is 0.158 e. The van der Waals surface area contributed by atoms with Crippen LogP contribution in [0.25, 0.3) is 0 Å². The van der Waals surface area contributed by atoms with Gasteiger partial charge in [0.1, 0.15) is 18.2 Å². The zero-order valence-corrected chi connectivity index (χ0v) is 11.7. The van der Waals surface area contributed by atoms with Gasteiger partial charge in [-0.3, -0.25) is 0 Å². The van der Waals surface area contributed by atoms with Crippen molar-refractivity contribution in [3.63, 3.8) is 0 Å². The van der Waals surface area contributed by atoms with Gasteiger partial charge in [-0.25, -0.2) is 9.97 Å².